The maximum absolute atomic E-state index is 7.32. The van der Waals surface area contributed by atoms with Gasteiger partial charge in [0, 0.05) is 25.7 Å². The molecule has 1 spiro atoms. The lowest BCUT2D eigenvalue weighted by molar-refractivity contribution is 0.796. The fourth-order valence-electron chi connectivity index (χ4n) is 8.02. The predicted octanol–water partition coefficient (Wildman–Crippen LogP) is 11.4. The predicted molar refractivity (Wildman–Crippen MR) is 176 cm³/mol. The van der Waals surface area contributed by atoms with Crippen LogP contribution in [0.1, 0.15) is 22.3 Å². The van der Waals surface area contributed by atoms with E-state index < -0.39 is 5.41 Å². The molecule has 0 radical (unpaired) electrons. The molecular weight excluding hydrogens is 536 g/mol. The molecule has 1 aromatic heterocycles. The molecule has 2 aliphatic carbocycles. The highest BCUT2D eigenvalue weighted by molar-refractivity contribution is 7.26. The van der Waals surface area contributed by atoms with E-state index in [9.17, 15) is 0 Å². The van der Waals surface area contributed by atoms with Crippen molar-refractivity contribution in [2.24, 2.45) is 0 Å². The summed E-state index contributed by atoms with van der Waals surface area (Å²) in [6.45, 7) is 0. The van der Waals surface area contributed by atoms with Crippen LogP contribution in [-0.4, -0.2) is 0 Å². The second-order valence-corrected chi connectivity index (χ2v) is 12.8. The highest BCUT2D eigenvalue weighted by Crippen LogP contribution is 2.66. The van der Waals surface area contributed by atoms with Gasteiger partial charge in [-0.1, -0.05) is 127 Å². The third-order valence-corrected chi connectivity index (χ3v) is 11.0. The van der Waals surface area contributed by atoms with Crippen molar-refractivity contribution in [2.45, 2.75) is 5.41 Å². The second-order valence-electron chi connectivity index (χ2n) is 11.3. The molecule has 0 amide bonds. The highest BCUT2D eigenvalue weighted by atomic mass is 35.5. The summed E-state index contributed by atoms with van der Waals surface area (Å²) in [5.41, 5.74) is 10.3. The van der Waals surface area contributed by atoms with Gasteiger partial charge in [0.2, 0.25) is 0 Å². The SMILES string of the molecule is Clc1cc2c(c3sc4ccccc4c13)-c1ccccc1C21c2ccc3ccccc3c2-c2c1ccc1ccccc21. The Kier molecular flexibility index (Phi) is 4.15. The van der Waals surface area contributed by atoms with Crippen molar-refractivity contribution in [3.05, 3.63) is 155 Å². The third kappa shape index (κ3) is 2.54. The van der Waals surface area contributed by atoms with Crippen LogP contribution < -0.4 is 0 Å². The first-order valence-electron chi connectivity index (χ1n) is 14.1. The summed E-state index contributed by atoms with van der Waals surface area (Å²) in [5.74, 6) is 0. The summed E-state index contributed by atoms with van der Waals surface area (Å²) in [4.78, 5) is 0. The summed E-state index contributed by atoms with van der Waals surface area (Å²) in [5, 5.41) is 8.40. The van der Waals surface area contributed by atoms with Crippen LogP contribution in [0.15, 0.2) is 127 Å². The number of fused-ring (bicyclic) bond motifs is 18. The third-order valence-electron chi connectivity index (χ3n) is 9.52. The zero-order valence-electron chi connectivity index (χ0n) is 21.9. The molecule has 0 unspecified atom stereocenters. The van der Waals surface area contributed by atoms with Gasteiger partial charge in [-0.05, 0) is 72.6 Å². The van der Waals surface area contributed by atoms with Crippen LogP contribution in [0.5, 0.6) is 0 Å². The average Bonchev–Trinajstić information content (AvgIpc) is 3.65. The summed E-state index contributed by atoms with van der Waals surface area (Å²) in [6, 6.07) is 47.1. The van der Waals surface area contributed by atoms with Gasteiger partial charge in [-0.25, -0.2) is 0 Å². The van der Waals surface area contributed by atoms with Crippen LogP contribution in [0.2, 0.25) is 5.02 Å². The molecule has 0 N–H and O–H groups in total. The molecule has 2 heteroatoms. The van der Waals surface area contributed by atoms with Gasteiger partial charge in [0.05, 0.1) is 10.4 Å². The fourth-order valence-corrected chi connectivity index (χ4v) is 9.67. The van der Waals surface area contributed by atoms with Crippen molar-refractivity contribution in [2.75, 3.05) is 0 Å². The standard InChI is InChI=1S/C39H21ClS/c40-32-21-31-36(38-37(32)27-14-6-8-16-33(27)41-38)26-13-5-7-15-28(26)39(31)29-19-17-22-9-1-3-11-24(22)34(29)35-25-12-4-2-10-23(25)18-20-30(35)39/h1-21H. The first-order valence-corrected chi connectivity index (χ1v) is 15.2. The van der Waals surface area contributed by atoms with E-state index in [2.05, 4.69) is 127 Å². The molecule has 0 saturated carbocycles. The van der Waals surface area contributed by atoms with Crippen molar-refractivity contribution in [3.8, 4) is 22.3 Å². The minimum Gasteiger partial charge on any atom is -0.134 e. The maximum atomic E-state index is 7.32. The Bertz CT molecular complexity index is 2360. The number of hydrogen-bond acceptors (Lipinski definition) is 1. The summed E-state index contributed by atoms with van der Waals surface area (Å²) in [6.07, 6.45) is 0. The smallest absolute Gasteiger partial charge is 0.0727 e. The van der Waals surface area contributed by atoms with Crippen LogP contribution in [0.3, 0.4) is 0 Å². The number of rotatable bonds is 0. The molecule has 0 saturated heterocycles. The van der Waals surface area contributed by atoms with Crippen molar-refractivity contribution in [1.82, 2.24) is 0 Å². The molecule has 0 aliphatic heterocycles. The zero-order chi connectivity index (χ0) is 26.9. The summed E-state index contributed by atoms with van der Waals surface area (Å²) in [7, 11) is 0. The Morgan fingerprint density at radius 1 is 0.488 bits per heavy atom. The molecule has 0 atom stereocenters. The second kappa shape index (κ2) is 7.64. The van der Waals surface area contributed by atoms with Gasteiger partial charge < -0.3 is 0 Å². The Morgan fingerprint density at radius 3 is 1.78 bits per heavy atom. The minimum atomic E-state index is -0.446. The van der Waals surface area contributed by atoms with Crippen LogP contribution in [-0.2, 0) is 5.41 Å². The number of halogens is 1. The summed E-state index contributed by atoms with van der Waals surface area (Å²) < 4.78 is 2.56. The molecule has 41 heavy (non-hydrogen) atoms. The lowest BCUT2D eigenvalue weighted by atomic mass is 9.70. The van der Waals surface area contributed by atoms with Gasteiger partial charge in [0.25, 0.3) is 0 Å². The number of benzene rings is 7. The topological polar surface area (TPSA) is 0 Å². The Morgan fingerprint density at radius 2 is 1.07 bits per heavy atom. The first-order chi connectivity index (χ1) is 20.3. The van der Waals surface area contributed by atoms with Crippen molar-refractivity contribution in [1.29, 1.82) is 0 Å². The van der Waals surface area contributed by atoms with E-state index in [1.54, 1.807) is 0 Å². The lowest BCUT2D eigenvalue weighted by Gasteiger charge is -2.31. The normalized spacial score (nSPS) is 14.2. The van der Waals surface area contributed by atoms with E-state index in [0.29, 0.717) is 0 Å². The molecule has 0 nitrogen and oxygen atoms in total. The van der Waals surface area contributed by atoms with Crippen LogP contribution >= 0.6 is 22.9 Å². The maximum Gasteiger partial charge on any atom is 0.0727 e. The molecule has 2 aliphatic rings. The van der Waals surface area contributed by atoms with Gasteiger partial charge in [0.1, 0.15) is 0 Å². The van der Waals surface area contributed by atoms with Crippen molar-refractivity contribution in [3.63, 3.8) is 0 Å². The van der Waals surface area contributed by atoms with Gasteiger partial charge in [-0.3, -0.25) is 0 Å². The van der Waals surface area contributed by atoms with Crippen molar-refractivity contribution >= 4 is 64.7 Å². The lowest BCUT2D eigenvalue weighted by Crippen LogP contribution is -2.25. The Balaban J connectivity index is 1.48. The molecule has 0 fully saturated rings. The van der Waals surface area contributed by atoms with Crippen molar-refractivity contribution < 1.29 is 0 Å². The summed E-state index contributed by atoms with van der Waals surface area (Å²) >= 11 is 9.19. The zero-order valence-corrected chi connectivity index (χ0v) is 23.5. The van der Waals surface area contributed by atoms with Crippen LogP contribution in [0.4, 0.5) is 0 Å². The van der Waals surface area contributed by atoms with Crippen LogP contribution in [0.25, 0.3) is 64.0 Å². The minimum absolute atomic E-state index is 0.446. The Labute approximate surface area is 246 Å². The molecular formula is C39H21ClS. The number of hydrogen-bond donors (Lipinski definition) is 0. The monoisotopic (exact) mass is 556 g/mol. The van der Waals surface area contributed by atoms with Crippen LogP contribution in [0, 0.1) is 0 Å². The van der Waals surface area contributed by atoms with E-state index >= 15 is 0 Å². The molecule has 10 rings (SSSR count). The van der Waals surface area contributed by atoms with E-state index in [4.69, 9.17) is 11.6 Å². The highest BCUT2D eigenvalue weighted by Gasteiger charge is 2.53. The van der Waals surface area contributed by atoms with Gasteiger partial charge >= 0.3 is 0 Å². The molecule has 1 heterocycles. The van der Waals surface area contributed by atoms with Gasteiger partial charge in [0.15, 0.2) is 0 Å². The fraction of sp³-hybridized carbons (Fsp3) is 0.0256. The van der Waals surface area contributed by atoms with Gasteiger partial charge in [-0.15, -0.1) is 11.3 Å². The molecule has 190 valence electrons. The molecule has 8 aromatic rings. The number of thiophene rings is 1. The average molecular weight is 557 g/mol. The largest absolute Gasteiger partial charge is 0.134 e. The molecule has 0 bridgehead atoms. The van der Waals surface area contributed by atoms with E-state index in [-0.39, 0.29) is 0 Å². The van der Waals surface area contributed by atoms with E-state index in [1.165, 1.54) is 86.2 Å². The molecule has 7 aromatic carbocycles. The van der Waals surface area contributed by atoms with E-state index in [1.807, 2.05) is 11.3 Å². The quantitative estimate of drug-likeness (QED) is 0.174. The van der Waals surface area contributed by atoms with Gasteiger partial charge in [-0.2, -0.15) is 0 Å². The Hall–Kier alpha value is -4.43. The first kappa shape index (κ1) is 22.3. The van der Waals surface area contributed by atoms with E-state index in [0.717, 1.165) is 5.02 Å².